The van der Waals surface area contributed by atoms with Crippen molar-refractivity contribution in [3.05, 3.63) is 72.0 Å². The van der Waals surface area contributed by atoms with E-state index in [2.05, 4.69) is 22.3 Å². The van der Waals surface area contributed by atoms with E-state index < -0.39 is 0 Å². The molecule has 0 atom stereocenters. The Morgan fingerprint density at radius 1 is 0.737 bits per heavy atom. The minimum absolute atomic E-state index is 0.714. The Labute approximate surface area is 116 Å². The molecular formula is C16H11ClN2. The van der Waals surface area contributed by atoms with Gasteiger partial charge in [-0.3, -0.25) is 0 Å². The Kier molecular flexibility index (Phi) is 3.25. The van der Waals surface area contributed by atoms with Crippen molar-refractivity contribution in [3.63, 3.8) is 0 Å². The number of hydrogen-bond acceptors (Lipinski definition) is 2. The maximum Gasteiger partial charge on any atom is 0.0574 e. The third kappa shape index (κ3) is 2.49. The number of halogens is 1. The monoisotopic (exact) mass is 266 g/mol. The summed E-state index contributed by atoms with van der Waals surface area (Å²) in [6.45, 7) is 0. The largest absolute Gasteiger partial charge is 0.159 e. The second-order valence-electron chi connectivity index (χ2n) is 4.19. The van der Waals surface area contributed by atoms with Crippen molar-refractivity contribution < 1.29 is 0 Å². The molecule has 3 aromatic rings. The molecular weight excluding hydrogens is 256 g/mol. The fraction of sp³-hybridized carbons (Fsp3) is 0. The second kappa shape index (κ2) is 5.21. The summed E-state index contributed by atoms with van der Waals surface area (Å²) in [5.41, 5.74) is 4.37. The molecule has 0 fully saturated rings. The van der Waals surface area contributed by atoms with Crippen LogP contribution in [0.3, 0.4) is 0 Å². The molecule has 0 N–H and O–H groups in total. The van der Waals surface area contributed by atoms with Crippen LogP contribution >= 0.6 is 11.6 Å². The molecule has 3 rings (SSSR count). The van der Waals surface area contributed by atoms with Crippen LogP contribution in [-0.4, -0.2) is 10.2 Å². The highest BCUT2D eigenvalue weighted by atomic mass is 35.5. The van der Waals surface area contributed by atoms with E-state index in [0.717, 1.165) is 22.3 Å². The molecule has 0 aliphatic heterocycles. The summed E-state index contributed by atoms with van der Waals surface area (Å²) in [6.07, 6.45) is 3.43. The zero-order valence-electron chi connectivity index (χ0n) is 10.1. The molecule has 0 spiro atoms. The van der Waals surface area contributed by atoms with Gasteiger partial charge in [0.15, 0.2) is 0 Å². The zero-order chi connectivity index (χ0) is 13.1. The molecule has 3 heteroatoms. The van der Waals surface area contributed by atoms with Crippen LogP contribution in [-0.2, 0) is 0 Å². The first-order valence-electron chi connectivity index (χ1n) is 5.96. The van der Waals surface area contributed by atoms with E-state index in [-0.39, 0.29) is 0 Å². The van der Waals surface area contributed by atoms with Gasteiger partial charge in [-0.05, 0) is 34.9 Å². The van der Waals surface area contributed by atoms with Gasteiger partial charge in [0.25, 0.3) is 0 Å². The van der Waals surface area contributed by atoms with Crippen molar-refractivity contribution in [2.24, 2.45) is 0 Å². The highest BCUT2D eigenvalue weighted by Gasteiger charge is 2.08. The van der Waals surface area contributed by atoms with Crippen molar-refractivity contribution in [1.82, 2.24) is 10.2 Å². The van der Waals surface area contributed by atoms with Crippen LogP contribution in [0.1, 0.15) is 0 Å². The highest BCUT2D eigenvalue weighted by Crippen LogP contribution is 2.33. The van der Waals surface area contributed by atoms with Gasteiger partial charge in [0, 0.05) is 10.6 Å². The number of hydrogen-bond donors (Lipinski definition) is 0. The quantitative estimate of drug-likeness (QED) is 0.684. The van der Waals surface area contributed by atoms with Crippen LogP contribution in [0.25, 0.3) is 22.3 Å². The molecule has 2 aromatic carbocycles. The Morgan fingerprint density at radius 2 is 1.58 bits per heavy atom. The zero-order valence-corrected chi connectivity index (χ0v) is 10.9. The molecule has 1 aromatic heterocycles. The molecule has 0 aliphatic carbocycles. The first-order valence-corrected chi connectivity index (χ1v) is 6.34. The van der Waals surface area contributed by atoms with Crippen molar-refractivity contribution in [2.45, 2.75) is 0 Å². The Balaban J connectivity index is 2.21. The molecule has 1 heterocycles. The van der Waals surface area contributed by atoms with Crippen molar-refractivity contribution in [3.8, 4) is 22.3 Å². The van der Waals surface area contributed by atoms with E-state index in [9.17, 15) is 0 Å². The van der Waals surface area contributed by atoms with E-state index in [1.165, 1.54) is 0 Å². The van der Waals surface area contributed by atoms with Crippen LogP contribution in [0.15, 0.2) is 67.0 Å². The van der Waals surface area contributed by atoms with Gasteiger partial charge in [0.05, 0.1) is 12.4 Å². The summed E-state index contributed by atoms with van der Waals surface area (Å²) in [5.74, 6) is 0. The van der Waals surface area contributed by atoms with E-state index >= 15 is 0 Å². The average molecular weight is 267 g/mol. The van der Waals surface area contributed by atoms with Crippen molar-refractivity contribution >= 4 is 11.6 Å². The summed E-state index contributed by atoms with van der Waals surface area (Å²) >= 11 is 6.12. The molecule has 0 saturated heterocycles. The van der Waals surface area contributed by atoms with Gasteiger partial charge >= 0.3 is 0 Å². The predicted molar refractivity (Wildman–Crippen MR) is 77.9 cm³/mol. The topological polar surface area (TPSA) is 25.8 Å². The molecule has 0 aliphatic rings. The number of nitrogens with zero attached hydrogens (tertiary/aromatic N) is 2. The summed E-state index contributed by atoms with van der Waals surface area (Å²) in [7, 11) is 0. The van der Waals surface area contributed by atoms with Gasteiger partial charge in [-0.2, -0.15) is 10.2 Å². The van der Waals surface area contributed by atoms with Crippen molar-refractivity contribution in [1.29, 1.82) is 0 Å². The van der Waals surface area contributed by atoms with Crippen molar-refractivity contribution in [2.75, 3.05) is 0 Å². The summed E-state index contributed by atoms with van der Waals surface area (Å²) in [4.78, 5) is 0. The summed E-state index contributed by atoms with van der Waals surface area (Å²) < 4.78 is 0. The first-order chi connectivity index (χ1) is 9.34. The third-order valence-corrected chi connectivity index (χ3v) is 3.20. The Bertz CT molecular complexity index is 682. The van der Waals surface area contributed by atoms with E-state index in [1.54, 1.807) is 12.4 Å². The number of rotatable bonds is 2. The van der Waals surface area contributed by atoms with Gasteiger partial charge < -0.3 is 0 Å². The van der Waals surface area contributed by atoms with Crippen LogP contribution in [0.5, 0.6) is 0 Å². The van der Waals surface area contributed by atoms with E-state index in [0.29, 0.717) is 5.02 Å². The maximum absolute atomic E-state index is 6.12. The van der Waals surface area contributed by atoms with Gasteiger partial charge in [0.1, 0.15) is 0 Å². The molecule has 2 nitrogen and oxygen atoms in total. The van der Waals surface area contributed by atoms with Gasteiger partial charge in [-0.15, -0.1) is 0 Å². The Hall–Kier alpha value is -2.19. The molecule has 0 bridgehead atoms. The lowest BCUT2D eigenvalue weighted by molar-refractivity contribution is 1.03. The molecule has 0 unspecified atom stereocenters. The first kappa shape index (κ1) is 11.9. The number of aromatic nitrogens is 2. The fourth-order valence-corrected chi connectivity index (χ4v) is 2.25. The molecule has 0 radical (unpaired) electrons. The summed E-state index contributed by atoms with van der Waals surface area (Å²) in [5, 5.41) is 8.46. The average Bonchev–Trinajstić information content (AvgIpc) is 2.49. The molecule has 19 heavy (non-hydrogen) atoms. The third-order valence-electron chi connectivity index (χ3n) is 2.96. The molecule has 92 valence electrons. The smallest absolute Gasteiger partial charge is 0.0574 e. The van der Waals surface area contributed by atoms with Crippen LogP contribution in [0, 0.1) is 0 Å². The lowest BCUT2D eigenvalue weighted by Crippen LogP contribution is -1.87. The predicted octanol–water partition coefficient (Wildman–Crippen LogP) is 4.46. The van der Waals surface area contributed by atoms with E-state index in [4.69, 9.17) is 11.6 Å². The standard InChI is InChI=1S/C16H11ClN2/c17-14-6-7-15(12-4-2-1-3-5-12)16(10-14)13-8-9-18-19-11-13/h1-11H. The van der Waals surface area contributed by atoms with Crippen LogP contribution in [0.4, 0.5) is 0 Å². The molecule has 0 amide bonds. The lowest BCUT2D eigenvalue weighted by Gasteiger charge is -2.10. The molecule has 0 saturated carbocycles. The second-order valence-corrected chi connectivity index (χ2v) is 4.62. The maximum atomic E-state index is 6.12. The van der Waals surface area contributed by atoms with Gasteiger partial charge in [-0.25, -0.2) is 0 Å². The lowest BCUT2D eigenvalue weighted by atomic mass is 9.96. The Morgan fingerprint density at radius 3 is 2.32 bits per heavy atom. The van der Waals surface area contributed by atoms with Gasteiger partial charge in [0.2, 0.25) is 0 Å². The van der Waals surface area contributed by atoms with Gasteiger partial charge in [-0.1, -0.05) is 48.0 Å². The summed E-state index contributed by atoms with van der Waals surface area (Å²) in [6, 6.07) is 18.1. The minimum atomic E-state index is 0.714. The van der Waals surface area contributed by atoms with Crippen LogP contribution in [0.2, 0.25) is 5.02 Å². The normalized spacial score (nSPS) is 10.4. The SMILES string of the molecule is Clc1ccc(-c2ccccc2)c(-c2ccnnc2)c1. The van der Waals surface area contributed by atoms with Crippen LogP contribution < -0.4 is 0 Å². The van der Waals surface area contributed by atoms with E-state index in [1.807, 2.05) is 42.5 Å². The fourth-order valence-electron chi connectivity index (χ4n) is 2.07. The highest BCUT2D eigenvalue weighted by molar-refractivity contribution is 6.31. The minimum Gasteiger partial charge on any atom is -0.159 e. The number of benzene rings is 2.